The predicted octanol–water partition coefficient (Wildman–Crippen LogP) is 1.30. The van der Waals surface area contributed by atoms with E-state index in [1.165, 1.54) is 0 Å². The Bertz CT molecular complexity index is 177. The lowest BCUT2D eigenvalue weighted by molar-refractivity contribution is 0.186. The van der Waals surface area contributed by atoms with Crippen molar-refractivity contribution in [2.75, 3.05) is 19.3 Å². The Kier molecular flexibility index (Phi) is 12.3. The Labute approximate surface area is 92.7 Å². The van der Waals surface area contributed by atoms with Crippen molar-refractivity contribution in [3.8, 4) is 0 Å². The van der Waals surface area contributed by atoms with Crippen molar-refractivity contribution < 1.29 is 14.0 Å². The molecule has 0 aliphatic rings. The first-order chi connectivity index (χ1) is 6.93. The highest BCUT2D eigenvalue weighted by atomic mass is 31.2. The van der Waals surface area contributed by atoms with Crippen LogP contribution in [0.15, 0.2) is 0 Å². The van der Waals surface area contributed by atoms with Gasteiger partial charge in [-0.25, -0.2) is 0 Å². The van der Waals surface area contributed by atoms with Crippen LogP contribution in [0.4, 0.5) is 0 Å². The Hall–Kier alpha value is 0.0700. The monoisotopic (exact) mass is 240 g/mol. The molecule has 6 heteroatoms. The van der Waals surface area contributed by atoms with E-state index in [4.69, 9.17) is 20.9 Å². The molecule has 5 N–H and O–H groups in total. The summed E-state index contributed by atoms with van der Waals surface area (Å²) in [4.78, 5) is 8.96. The first-order valence-corrected chi connectivity index (χ1v) is 7.10. The molecule has 0 rings (SSSR count). The normalized spacial score (nSPS) is 16.1. The van der Waals surface area contributed by atoms with Gasteiger partial charge in [0.05, 0.1) is 6.10 Å². The molecular weight excluding hydrogens is 215 g/mol. The maximum absolute atomic E-state index is 10.9. The van der Waals surface area contributed by atoms with Crippen molar-refractivity contribution in [1.82, 2.24) is 0 Å². The van der Waals surface area contributed by atoms with Crippen LogP contribution in [0.5, 0.6) is 0 Å². The Morgan fingerprint density at radius 3 is 2.00 bits per heavy atom. The SMILES string of the molecule is CCC(C)OP(=O)(O)CC.NCCCN. The molecule has 0 aliphatic carbocycles. The lowest BCUT2D eigenvalue weighted by atomic mass is 10.3. The fourth-order valence-electron chi connectivity index (χ4n) is 0.548. The maximum Gasteiger partial charge on any atom is 0.328 e. The number of hydrogen-bond donors (Lipinski definition) is 3. The van der Waals surface area contributed by atoms with Gasteiger partial charge in [0.1, 0.15) is 0 Å². The van der Waals surface area contributed by atoms with E-state index >= 15 is 0 Å². The second-order valence-electron chi connectivity index (χ2n) is 3.21. The third-order valence-electron chi connectivity index (χ3n) is 1.73. The van der Waals surface area contributed by atoms with Crippen LogP contribution >= 0.6 is 7.60 Å². The molecule has 0 spiro atoms. The third-order valence-corrected chi connectivity index (χ3v) is 3.22. The van der Waals surface area contributed by atoms with Gasteiger partial charge in [-0.15, -0.1) is 0 Å². The van der Waals surface area contributed by atoms with Gasteiger partial charge in [-0.2, -0.15) is 0 Å². The molecule has 94 valence electrons. The molecule has 2 atom stereocenters. The molecule has 0 heterocycles. The summed E-state index contributed by atoms with van der Waals surface area (Å²) in [6.45, 7) is 6.79. The lowest BCUT2D eigenvalue weighted by Gasteiger charge is -2.14. The summed E-state index contributed by atoms with van der Waals surface area (Å²) in [6.07, 6.45) is 1.79. The van der Waals surface area contributed by atoms with Gasteiger partial charge in [0.15, 0.2) is 0 Å². The zero-order chi connectivity index (χ0) is 12.3. The highest BCUT2D eigenvalue weighted by Gasteiger charge is 2.18. The smallest absolute Gasteiger partial charge is 0.328 e. The van der Waals surface area contributed by atoms with E-state index in [1.807, 2.05) is 6.92 Å². The molecule has 2 unspecified atom stereocenters. The summed E-state index contributed by atoms with van der Waals surface area (Å²) < 4.78 is 15.7. The molecule has 5 nitrogen and oxygen atoms in total. The third kappa shape index (κ3) is 14.1. The molecule has 0 fully saturated rings. The lowest BCUT2D eigenvalue weighted by Crippen LogP contribution is -2.06. The predicted molar refractivity (Wildman–Crippen MR) is 63.9 cm³/mol. The van der Waals surface area contributed by atoms with Gasteiger partial charge < -0.3 is 20.9 Å². The molecule has 0 aromatic heterocycles. The summed E-state index contributed by atoms with van der Waals surface area (Å²) in [5.41, 5.74) is 10.1. The van der Waals surface area contributed by atoms with Gasteiger partial charge >= 0.3 is 7.60 Å². The average Bonchev–Trinajstić information content (AvgIpc) is 2.19. The van der Waals surface area contributed by atoms with Crippen LogP contribution < -0.4 is 11.5 Å². The van der Waals surface area contributed by atoms with E-state index in [1.54, 1.807) is 13.8 Å². The molecule has 0 saturated carbocycles. The van der Waals surface area contributed by atoms with Crippen LogP contribution in [0, 0.1) is 0 Å². The Balaban J connectivity index is 0. The largest absolute Gasteiger partial charge is 0.330 e. The van der Waals surface area contributed by atoms with Gasteiger partial charge in [-0.3, -0.25) is 4.57 Å². The van der Waals surface area contributed by atoms with Crippen molar-refractivity contribution in [3.63, 3.8) is 0 Å². The Morgan fingerprint density at radius 1 is 1.33 bits per heavy atom. The highest BCUT2D eigenvalue weighted by Crippen LogP contribution is 2.42. The van der Waals surface area contributed by atoms with Gasteiger partial charge in [0.25, 0.3) is 0 Å². The highest BCUT2D eigenvalue weighted by molar-refractivity contribution is 7.52. The number of nitrogens with two attached hydrogens (primary N) is 2. The van der Waals surface area contributed by atoms with E-state index in [9.17, 15) is 4.57 Å². The standard InChI is InChI=1S/C6H15O3P.C3H10N2/c1-4-6(3)9-10(7,8)5-2;4-2-1-3-5/h6H,4-5H2,1-3H3,(H,7,8);1-5H2. The van der Waals surface area contributed by atoms with Crippen molar-refractivity contribution >= 4 is 7.60 Å². The van der Waals surface area contributed by atoms with E-state index in [2.05, 4.69) is 0 Å². The topological polar surface area (TPSA) is 98.6 Å². The summed E-state index contributed by atoms with van der Waals surface area (Å²) >= 11 is 0. The van der Waals surface area contributed by atoms with Crippen molar-refractivity contribution in [2.45, 2.75) is 39.7 Å². The van der Waals surface area contributed by atoms with Gasteiger partial charge in [0.2, 0.25) is 0 Å². The van der Waals surface area contributed by atoms with Crippen LogP contribution in [-0.2, 0) is 9.09 Å². The van der Waals surface area contributed by atoms with Crippen LogP contribution in [0.2, 0.25) is 0 Å². The molecule has 0 aromatic carbocycles. The fraction of sp³-hybridized carbons (Fsp3) is 1.00. The molecular formula is C9H25N2O3P. The number of hydrogen-bond acceptors (Lipinski definition) is 4. The molecule has 0 aromatic rings. The van der Waals surface area contributed by atoms with E-state index in [0.29, 0.717) is 0 Å². The molecule has 0 radical (unpaired) electrons. The van der Waals surface area contributed by atoms with Crippen molar-refractivity contribution in [1.29, 1.82) is 0 Å². The molecule has 0 amide bonds. The van der Waals surface area contributed by atoms with Crippen LogP contribution in [-0.4, -0.2) is 30.2 Å². The van der Waals surface area contributed by atoms with Crippen LogP contribution in [0.3, 0.4) is 0 Å². The fourth-order valence-corrected chi connectivity index (χ4v) is 1.41. The minimum absolute atomic E-state index is 0.115. The summed E-state index contributed by atoms with van der Waals surface area (Å²) in [5, 5.41) is 0. The zero-order valence-corrected chi connectivity index (χ0v) is 10.9. The van der Waals surface area contributed by atoms with Crippen molar-refractivity contribution in [3.05, 3.63) is 0 Å². The Morgan fingerprint density at radius 2 is 1.80 bits per heavy atom. The van der Waals surface area contributed by atoms with E-state index < -0.39 is 7.60 Å². The van der Waals surface area contributed by atoms with Gasteiger partial charge in [0, 0.05) is 6.16 Å². The van der Waals surface area contributed by atoms with E-state index in [0.717, 1.165) is 25.9 Å². The van der Waals surface area contributed by atoms with Gasteiger partial charge in [-0.05, 0) is 32.9 Å². The van der Waals surface area contributed by atoms with Gasteiger partial charge in [-0.1, -0.05) is 13.8 Å². The summed E-state index contributed by atoms with van der Waals surface area (Å²) in [6, 6.07) is 0. The first kappa shape index (κ1) is 17.5. The summed E-state index contributed by atoms with van der Waals surface area (Å²) in [5.74, 6) is 0. The maximum atomic E-state index is 10.9. The average molecular weight is 240 g/mol. The molecule has 15 heavy (non-hydrogen) atoms. The second-order valence-corrected chi connectivity index (χ2v) is 5.33. The molecule has 0 saturated heterocycles. The number of rotatable bonds is 6. The van der Waals surface area contributed by atoms with Crippen molar-refractivity contribution in [2.24, 2.45) is 11.5 Å². The minimum atomic E-state index is -3.25. The first-order valence-electron chi connectivity index (χ1n) is 5.33. The molecule has 0 aliphatic heterocycles. The van der Waals surface area contributed by atoms with E-state index in [-0.39, 0.29) is 12.3 Å². The zero-order valence-electron chi connectivity index (χ0n) is 9.98. The quantitative estimate of drug-likeness (QED) is 0.608. The second kappa shape index (κ2) is 10.6. The summed E-state index contributed by atoms with van der Waals surface area (Å²) in [7, 11) is -3.25. The van der Waals surface area contributed by atoms with Crippen LogP contribution in [0.25, 0.3) is 0 Å². The minimum Gasteiger partial charge on any atom is -0.330 e. The van der Waals surface area contributed by atoms with Crippen LogP contribution in [0.1, 0.15) is 33.6 Å². The molecule has 0 bridgehead atoms.